The molecule has 0 saturated carbocycles. The van der Waals surface area contributed by atoms with Crippen molar-refractivity contribution in [2.24, 2.45) is 0 Å². The second-order valence-electron chi connectivity index (χ2n) is 4.10. The maximum Gasteiger partial charge on any atom is 0.342 e. The van der Waals surface area contributed by atoms with Gasteiger partial charge in [0.2, 0.25) is 0 Å². The summed E-state index contributed by atoms with van der Waals surface area (Å²) in [6.45, 7) is 0. The van der Waals surface area contributed by atoms with E-state index in [9.17, 15) is 17.6 Å². The number of hydrogen-bond acceptors (Lipinski definition) is 5. The molecule has 116 valence electrons. The molecular weight excluding hydrogens is 379 g/mol. The lowest BCUT2D eigenvalue weighted by atomic mass is 10.2. The Balaban J connectivity index is 2.46. The van der Waals surface area contributed by atoms with Crippen LogP contribution in [0, 0.1) is 5.82 Å². The summed E-state index contributed by atoms with van der Waals surface area (Å²) >= 11 is 3.06. The highest BCUT2D eigenvalue weighted by atomic mass is 79.9. The van der Waals surface area contributed by atoms with Gasteiger partial charge in [0.15, 0.2) is 5.75 Å². The minimum Gasteiger partial charge on any atom is -0.465 e. The van der Waals surface area contributed by atoms with Crippen LogP contribution in [0.3, 0.4) is 0 Å². The molecule has 2 rings (SSSR count). The molecule has 22 heavy (non-hydrogen) atoms. The van der Waals surface area contributed by atoms with Crippen molar-refractivity contribution in [2.75, 3.05) is 7.11 Å². The largest absolute Gasteiger partial charge is 0.465 e. The molecule has 0 amide bonds. The SMILES string of the molecule is COC(=O)c1ccccc1OS(=O)(=O)c1cc(Br)ccc1F. The van der Waals surface area contributed by atoms with Gasteiger partial charge >= 0.3 is 16.1 Å². The van der Waals surface area contributed by atoms with Gasteiger partial charge < -0.3 is 8.92 Å². The van der Waals surface area contributed by atoms with E-state index in [4.69, 9.17) is 4.18 Å². The maximum absolute atomic E-state index is 13.7. The van der Waals surface area contributed by atoms with Gasteiger partial charge in [-0.3, -0.25) is 0 Å². The topological polar surface area (TPSA) is 69.7 Å². The van der Waals surface area contributed by atoms with Crippen molar-refractivity contribution in [1.29, 1.82) is 0 Å². The van der Waals surface area contributed by atoms with Crippen LogP contribution in [0.1, 0.15) is 10.4 Å². The molecule has 5 nitrogen and oxygen atoms in total. The number of hydrogen-bond donors (Lipinski definition) is 0. The Labute approximate surface area is 134 Å². The molecule has 2 aromatic carbocycles. The number of benzene rings is 2. The zero-order valence-electron chi connectivity index (χ0n) is 11.2. The van der Waals surface area contributed by atoms with Crippen molar-refractivity contribution in [1.82, 2.24) is 0 Å². The lowest BCUT2D eigenvalue weighted by Gasteiger charge is -2.11. The number of para-hydroxylation sites is 1. The Morgan fingerprint density at radius 2 is 1.86 bits per heavy atom. The third-order valence-electron chi connectivity index (χ3n) is 2.65. The number of carbonyl (C=O) groups is 1. The van der Waals surface area contributed by atoms with E-state index in [0.717, 1.165) is 19.2 Å². The van der Waals surface area contributed by atoms with Gasteiger partial charge in [-0.2, -0.15) is 8.42 Å². The average molecular weight is 389 g/mol. The van der Waals surface area contributed by atoms with Gasteiger partial charge in [0.25, 0.3) is 0 Å². The first kappa shape index (κ1) is 16.4. The summed E-state index contributed by atoms with van der Waals surface area (Å²) in [4.78, 5) is 11.0. The van der Waals surface area contributed by atoms with E-state index in [-0.39, 0.29) is 11.3 Å². The van der Waals surface area contributed by atoms with Crippen LogP contribution in [0.4, 0.5) is 4.39 Å². The quantitative estimate of drug-likeness (QED) is 0.594. The summed E-state index contributed by atoms with van der Waals surface area (Å²) in [6, 6.07) is 9.04. The van der Waals surface area contributed by atoms with Crippen molar-refractivity contribution in [3.63, 3.8) is 0 Å². The molecule has 0 atom stereocenters. The van der Waals surface area contributed by atoms with E-state index in [1.807, 2.05) is 0 Å². The molecule has 0 aromatic heterocycles. The Kier molecular flexibility index (Phi) is 4.82. The Hall–Kier alpha value is -1.93. The molecule has 0 N–H and O–H groups in total. The van der Waals surface area contributed by atoms with Gasteiger partial charge in [-0.25, -0.2) is 9.18 Å². The van der Waals surface area contributed by atoms with Gasteiger partial charge in [-0.05, 0) is 30.3 Å². The fourth-order valence-electron chi connectivity index (χ4n) is 1.65. The van der Waals surface area contributed by atoms with Gasteiger partial charge in [0.1, 0.15) is 16.3 Å². The van der Waals surface area contributed by atoms with Gasteiger partial charge in [-0.15, -0.1) is 0 Å². The molecule has 2 aromatic rings. The van der Waals surface area contributed by atoms with Crippen molar-refractivity contribution in [3.8, 4) is 5.75 Å². The minimum atomic E-state index is -4.44. The first-order chi connectivity index (χ1) is 10.3. The minimum absolute atomic E-state index is 0.0796. The normalized spacial score (nSPS) is 11.0. The van der Waals surface area contributed by atoms with E-state index in [1.165, 1.54) is 30.3 Å². The number of halogens is 2. The third kappa shape index (κ3) is 3.45. The summed E-state index contributed by atoms with van der Waals surface area (Å²) in [5, 5.41) is 0. The Morgan fingerprint density at radius 3 is 2.55 bits per heavy atom. The average Bonchev–Trinajstić information content (AvgIpc) is 2.49. The van der Waals surface area contributed by atoms with Crippen LogP contribution in [0.2, 0.25) is 0 Å². The molecule has 0 heterocycles. The second-order valence-corrected chi connectivity index (χ2v) is 6.53. The molecular formula is C14H10BrFO5S. The highest BCUT2D eigenvalue weighted by molar-refractivity contribution is 9.10. The molecule has 0 aliphatic rings. The molecule has 0 aliphatic carbocycles. The van der Waals surface area contributed by atoms with Crippen molar-refractivity contribution < 1.29 is 26.5 Å². The monoisotopic (exact) mass is 388 g/mol. The number of methoxy groups -OCH3 is 1. The van der Waals surface area contributed by atoms with Gasteiger partial charge in [0, 0.05) is 4.47 Å². The van der Waals surface area contributed by atoms with E-state index < -0.39 is 26.8 Å². The fraction of sp³-hybridized carbons (Fsp3) is 0.0714. The standard InChI is InChI=1S/C14H10BrFO5S/c1-20-14(17)10-4-2-3-5-12(10)21-22(18,19)13-8-9(15)6-7-11(13)16/h2-8H,1H3. The Morgan fingerprint density at radius 1 is 1.18 bits per heavy atom. The lowest BCUT2D eigenvalue weighted by Crippen LogP contribution is -2.14. The number of ether oxygens (including phenoxy) is 1. The van der Waals surface area contributed by atoms with E-state index in [2.05, 4.69) is 20.7 Å². The van der Waals surface area contributed by atoms with Gasteiger partial charge in [-0.1, -0.05) is 28.1 Å². The number of carbonyl (C=O) groups excluding carboxylic acids is 1. The van der Waals surface area contributed by atoms with Crippen molar-refractivity contribution in [2.45, 2.75) is 4.90 Å². The van der Waals surface area contributed by atoms with Crippen molar-refractivity contribution in [3.05, 3.63) is 58.3 Å². The van der Waals surface area contributed by atoms with Crippen LogP contribution in [-0.4, -0.2) is 21.5 Å². The molecule has 0 saturated heterocycles. The molecule has 0 unspecified atom stereocenters. The van der Waals surface area contributed by atoms with E-state index >= 15 is 0 Å². The fourth-order valence-corrected chi connectivity index (χ4v) is 3.21. The molecule has 0 spiro atoms. The highest BCUT2D eigenvalue weighted by Gasteiger charge is 2.24. The Bertz CT molecular complexity index is 820. The zero-order chi connectivity index (χ0) is 16.3. The third-order valence-corrected chi connectivity index (χ3v) is 4.40. The van der Waals surface area contributed by atoms with Crippen LogP contribution >= 0.6 is 15.9 Å². The smallest absolute Gasteiger partial charge is 0.342 e. The zero-order valence-corrected chi connectivity index (χ0v) is 13.6. The second kappa shape index (κ2) is 6.45. The molecule has 0 fully saturated rings. The summed E-state index contributed by atoms with van der Waals surface area (Å²) < 4.78 is 47.9. The summed E-state index contributed by atoms with van der Waals surface area (Å²) in [5.41, 5.74) is -0.0796. The van der Waals surface area contributed by atoms with Crippen molar-refractivity contribution >= 4 is 32.0 Å². The first-order valence-corrected chi connectivity index (χ1v) is 8.12. The summed E-state index contributed by atoms with van der Waals surface area (Å²) in [7, 11) is -3.29. The number of rotatable bonds is 4. The molecule has 0 aliphatic heterocycles. The van der Waals surface area contributed by atoms with E-state index in [1.54, 1.807) is 0 Å². The van der Waals surface area contributed by atoms with E-state index in [0.29, 0.717) is 4.47 Å². The van der Waals surface area contributed by atoms with Crippen LogP contribution in [-0.2, 0) is 14.9 Å². The predicted molar refractivity (Wildman–Crippen MR) is 79.7 cm³/mol. The van der Waals surface area contributed by atoms with Crippen LogP contribution < -0.4 is 4.18 Å². The first-order valence-electron chi connectivity index (χ1n) is 5.92. The van der Waals surface area contributed by atoms with Crippen LogP contribution in [0.25, 0.3) is 0 Å². The highest BCUT2D eigenvalue weighted by Crippen LogP contribution is 2.26. The molecule has 0 bridgehead atoms. The van der Waals surface area contributed by atoms with Gasteiger partial charge in [0.05, 0.1) is 7.11 Å². The summed E-state index contributed by atoms with van der Waals surface area (Å²) in [6.07, 6.45) is 0. The maximum atomic E-state index is 13.7. The molecule has 0 radical (unpaired) electrons. The lowest BCUT2D eigenvalue weighted by molar-refractivity contribution is 0.0599. The summed E-state index contributed by atoms with van der Waals surface area (Å²) in [5.74, 6) is -1.96. The molecule has 8 heteroatoms. The number of esters is 1. The predicted octanol–water partition coefficient (Wildman–Crippen LogP) is 3.14. The van der Waals surface area contributed by atoms with Crippen LogP contribution in [0.5, 0.6) is 5.75 Å². The van der Waals surface area contributed by atoms with Crippen LogP contribution in [0.15, 0.2) is 51.8 Å².